The average molecular weight is 400 g/mol. The maximum atomic E-state index is 12.9. The van der Waals surface area contributed by atoms with Gasteiger partial charge in [-0.1, -0.05) is 18.7 Å². The van der Waals surface area contributed by atoms with Crippen LogP contribution in [-0.4, -0.2) is 52.5 Å². The van der Waals surface area contributed by atoms with Crippen molar-refractivity contribution in [1.82, 2.24) is 9.88 Å². The second-order valence-electron chi connectivity index (χ2n) is 5.15. The smallest absolute Gasteiger partial charge is 0.261 e. The SMILES string of the molecule is CCOCCCN=C1SC[C@@H](CC)N1C(=O)c1cncc(Br)c1. The van der Waals surface area contributed by atoms with Crippen LogP contribution in [0.4, 0.5) is 0 Å². The lowest BCUT2D eigenvalue weighted by molar-refractivity contribution is 0.0818. The molecule has 0 N–H and O–H groups in total. The van der Waals surface area contributed by atoms with Crippen LogP contribution in [0.1, 0.15) is 37.0 Å². The molecule has 0 spiro atoms. The van der Waals surface area contributed by atoms with E-state index in [1.165, 1.54) is 0 Å². The monoisotopic (exact) mass is 399 g/mol. The Bertz CT molecular complexity index is 568. The summed E-state index contributed by atoms with van der Waals surface area (Å²) in [7, 11) is 0. The number of halogens is 1. The standard InChI is InChI=1S/C16H22BrN3O2S/c1-3-14-11-23-16(19-6-5-7-22-4-2)20(14)15(21)12-8-13(17)10-18-9-12/h8-10,14H,3-7,11H2,1-2H3/t14-/m1/s1. The van der Waals surface area contributed by atoms with Crippen LogP contribution < -0.4 is 0 Å². The molecule has 1 fully saturated rings. The van der Waals surface area contributed by atoms with Crippen molar-refractivity contribution in [1.29, 1.82) is 0 Å². The van der Waals surface area contributed by atoms with Gasteiger partial charge in [-0.25, -0.2) is 0 Å². The van der Waals surface area contributed by atoms with Gasteiger partial charge in [0.1, 0.15) is 0 Å². The van der Waals surface area contributed by atoms with E-state index in [0.29, 0.717) is 18.7 Å². The number of hydrogen-bond donors (Lipinski definition) is 0. The summed E-state index contributed by atoms with van der Waals surface area (Å²) in [6, 6.07) is 2.00. The van der Waals surface area contributed by atoms with Crippen LogP contribution in [0.3, 0.4) is 0 Å². The van der Waals surface area contributed by atoms with Crippen LogP contribution in [0.15, 0.2) is 27.9 Å². The molecule has 1 aliphatic rings. The lowest BCUT2D eigenvalue weighted by atomic mass is 10.2. The van der Waals surface area contributed by atoms with Crippen LogP contribution >= 0.6 is 27.7 Å². The number of pyridine rings is 1. The Hall–Kier alpha value is -0.920. The van der Waals surface area contributed by atoms with Gasteiger partial charge in [0.25, 0.3) is 5.91 Å². The van der Waals surface area contributed by atoms with Crippen molar-refractivity contribution in [3.63, 3.8) is 0 Å². The molecule has 7 heteroatoms. The van der Waals surface area contributed by atoms with E-state index in [4.69, 9.17) is 4.74 Å². The summed E-state index contributed by atoms with van der Waals surface area (Å²) in [6.45, 7) is 6.20. The minimum absolute atomic E-state index is 0.0285. The first-order valence-electron chi connectivity index (χ1n) is 7.86. The van der Waals surface area contributed by atoms with E-state index in [9.17, 15) is 4.79 Å². The number of rotatable bonds is 7. The molecule has 0 radical (unpaired) electrons. The van der Waals surface area contributed by atoms with E-state index in [0.717, 1.165) is 34.8 Å². The summed E-state index contributed by atoms with van der Waals surface area (Å²) in [5, 5.41) is 0.818. The van der Waals surface area contributed by atoms with E-state index in [-0.39, 0.29) is 11.9 Å². The number of thioether (sulfide) groups is 1. The molecule has 0 bridgehead atoms. The van der Waals surface area contributed by atoms with Crippen molar-refractivity contribution in [2.45, 2.75) is 32.7 Å². The zero-order valence-electron chi connectivity index (χ0n) is 13.5. The second kappa shape index (κ2) is 9.39. The third-order valence-electron chi connectivity index (χ3n) is 3.52. The van der Waals surface area contributed by atoms with E-state index < -0.39 is 0 Å². The number of amidine groups is 1. The van der Waals surface area contributed by atoms with Crippen molar-refractivity contribution in [2.24, 2.45) is 4.99 Å². The Labute approximate surface area is 150 Å². The highest BCUT2D eigenvalue weighted by molar-refractivity contribution is 9.10. The van der Waals surface area contributed by atoms with Gasteiger partial charge >= 0.3 is 0 Å². The van der Waals surface area contributed by atoms with Crippen molar-refractivity contribution < 1.29 is 9.53 Å². The topological polar surface area (TPSA) is 54.8 Å². The molecule has 5 nitrogen and oxygen atoms in total. The van der Waals surface area contributed by atoms with Gasteiger partial charge in [-0.15, -0.1) is 0 Å². The molecule has 1 aromatic rings. The molecular weight excluding hydrogens is 378 g/mol. The predicted octanol–water partition coefficient (Wildman–Crippen LogP) is 3.59. The number of carbonyl (C=O) groups is 1. The van der Waals surface area contributed by atoms with E-state index in [2.05, 4.69) is 32.8 Å². The molecule has 0 aliphatic carbocycles. The van der Waals surface area contributed by atoms with Gasteiger partial charge in [-0.3, -0.25) is 19.7 Å². The lowest BCUT2D eigenvalue weighted by Crippen LogP contribution is -2.39. The van der Waals surface area contributed by atoms with E-state index in [1.807, 2.05) is 11.8 Å². The molecular formula is C16H22BrN3O2S. The quantitative estimate of drug-likeness (QED) is 0.657. The molecule has 0 unspecified atom stereocenters. The summed E-state index contributed by atoms with van der Waals surface area (Å²) in [5.74, 6) is 0.868. The molecule has 0 aromatic carbocycles. The van der Waals surface area contributed by atoms with Crippen molar-refractivity contribution >= 4 is 38.8 Å². The van der Waals surface area contributed by atoms with Crippen molar-refractivity contribution in [3.05, 3.63) is 28.5 Å². The second-order valence-corrected chi connectivity index (χ2v) is 7.06. The summed E-state index contributed by atoms with van der Waals surface area (Å²) < 4.78 is 6.13. The summed E-state index contributed by atoms with van der Waals surface area (Å²) >= 11 is 5.03. The molecule has 2 heterocycles. The Morgan fingerprint density at radius 3 is 3.04 bits per heavy atom. The third kappa shape index (κ3) is 5.02. The van der Waals surface area contributed by atoms with Crippen LogP contribution in [0.2, 0.25) is 0 Å². The number of carbonyl (C=O) groups excluding carboxylic acids is 1. The molecule has 1 amide bonds. The van der Waals surface area contributed by atoms with E-state index in [1.54, 1.807) is 30.2 Å². The summed E-state index contributed by atoms with van der Waals surface area (Å²) in [5.41, 5.74) is 0.586. The highest BCUT2D eigenvalue weighted by Crippen LogP contribution is 2.28. The Morgan fingerprint density at radius 1 is 1.52 bits per heavy atom. The summed E-state index contributed by atoms with van der Waals surface area (Å²) in [6.07, 6.45) is 5.07. The number of nitrogens with zero attached hydrogens (tertiary/aromatic N) is 3. The van der Waals surface area contributed by atoms with Crippen LogP contribution in [0.5, 0.6) is 0 Å². The average Bonchev–Trinajstić information content (AvgIpc) is 2.97. The van der Waals surface area contributed by atoms with Gasteiger partial charge in [-0.2, -0.15) is 0 Å². The fourth-order valence-corrected chi connectivity index (χ4v) is 3.94. The van der Waals surface area contributed by atoms with Gasteiger partial charge in [0.2, 0.25) is 0 Å². The first-order valence-corrected chi connectivity index (χ1v) is 9.64. The number of aliphatic imine (C=N–C) groups is 1. The molecule has 1 atom stereocenters. The maximum absolute atomic E-state index is 12.9. The minimum Gasteiger partial charge on any atom is -0.382 e. The first-order chi connectivity index (χ1) is 11.2. The van der Waals surface area contributed by atoms with Crippen LogP contribution in [0, 0.1) is 0 Å². The van der Waals surface area contributed by atoms with Crippen LogP contribution in [0.25, 0.3) is 0 Å². The largest absolute Gasteiger partial charge is 0.382 e. The lowest BCUT2D eigenvalue weighted by Gasteiger charge is -2.23. The molecule has 1 saturated heterocycles. The Balaban J connectivity index is 2.10. The predicted molar refractivity (Wildman–Crippen MR) is 98.1 cm³/mol. The van der Waals surface area contributed by atoms with Gasteiger partial charge in [0.15, 0.2) is 5.17 Å². The number of hydrogen-bond acceptors (Lipinski definition) is 5. The molecule has 1 aliphatic heterocycles. The molecule has 126 valence electrons. The Kier molecular flexibility index (Phi) is 7.52. The minimum atomic E-state index is -0.0285. The fourth-order valence-electron chi connectivity index (χ4n) is 2.30. The van der Waals surface area contributed by atoms with E-state index >= 15 is 0 Å². The Morgan fingerprint density at radius 2 is 2.35 bits per heavy atom. The third-order valence-corrected chi connectivity index (χ3v) is 5.09. The molecule has 0 saturated carbocycles. The zero-order valence-corrected chi connectivity index (χ0v) is 15.9. The highest BCUT2D eigenvalue weighted by Gasteiger charge is 2.34. The van der Waals surface area contributed by atoms with Crippen molar-refractivity contribution in [2.75, 3.05) is 25.5 Å². The zero-order chi connectivity index (χ0) is 16.7. The van der Waals surface area contributed by atoms with Gasteiger partial charge in [0, 0.05) is 48.4 Å². The van der Waals surface area contributed by atoms with Gasteiger partial charge < -0.3 is 4.74 Å². The number of ether oxygens (including phenoxy) is 1. The van der Waals surface area contributed by atoms with Crippen molar-refractivity contribution in [3.8, 4) is 0 Å². The normalized spacial score (nSPS) is 19.5. The van der Waals surface area contributed by atoms with Gasteiger partial charge in [-0.05, 0) is 41.8 Å². The molecule has 2 rings (SSSR count). The maximum Gasteiger partial charge on any atom is 0.261 e. The number of aromatic nitrogens is 1. The van der Waals surface area contributed by atoms with Gasteiger partial charge in [0.05, 0.1) is 5.56 Å². The first kappa shape index (κ1) is 18.4. The molecule has 1 aromatic heterocycles. The fraction of sp³-hybridized carbons (Fsp3) is 0.562. The number of amides is 1. The summed E-state index contributed by atoms with van der Waals surface area (Å²) in [4.78, 5) is 23.4. The van der Waals surface area contributed by atoms with Crippen LogP contribution in [-0.2, 0) is 4.74 Å². The molecule has 23 heavy (non-hydrogen) atoms. The highest BCUT2D eigenvalue weighted by atomic mass is 79.9.